The number of unbranched alkanes of at least 4 members (excludes halogenated alkanes) is 31. The Morgan fingerprint density at radius 3 is 1.07 bits per heavy atom. The third kappa shape index (κ3) is 44.8. The molecule has 0 saturated heterocycles. The summed E-state index contributed by atoms with van der Waals surface area (Å²) in [5.41, 5.74) is 0. The fourth-order valence-electron chi connectivity index (χ4n) is 7.21. The molecular weight excluding hydrogens is 693 g/mol. The number of esters is 2. The normalized spacial score (nSPS) is 12.4. The highest BCUT2D eigenvalue weighted by Gasteiger charge is 2.16. The summed E-state index contributed by atoms with van der Waals surface area (Å²) >= 11 is 0. The molecule has 0 fully saturated rings. The Morgan fingerprint density at radius 2 is 0.714 bits per heavy atom. The first kappa shape index (κ1) is 54.1. The molecule has 5 heteroatoms. The standard InChI is InChI=1S/C51H94O5/c1-3-5-7-9-11-13-15-17-19-21-23-25-27-29-31-33-35-37-39-41-43-45-50(53)55-48-49(47-52)56-51(54)46-44-42-40-38-36-34-32-30-28-26-24-22-20-18-16-14-12-10-8-6-4-2/h16,18,22,24,28,30,49,52H,3-15,17,19-21,23,25-27,29,31-48H2,1-2H3/b18-16-,24-22-,30-28-. The number of aliphatic hydroxyl groups is 1. The second-order valence-corrected chi connectivity index (χ2v) is 16.5. The van der Waals surface area contributed by atoms with Crippen LogP contribution in [-0.4, -0.2) is 36.4 Å². The number of ether oxygens (including phenoxy) is 2. The van der Waals surface area contributed by atoms with Crippen LogP contribution in [0.2, 0.25) is 0 Å². The van der Waals surface area contributed by atoms with Gasteiger partial charge < -0.3 is 14.6 Å². The zero-order valence-corrected chi connectivity index (χ0v) is 37.4. The van der Waals surface area contributed by atoms with Gasteiger partial charge in [0, 0.05) is 12.8 Å². The molecule has 0 aliphatic heterocycles. The highest BCUT2D eigenvalue weighted by Crippen LogP contribution is 2.16. The molecule has 0 amide bonds. The van der Waals surface area contributed by atoms with Gasteiger partial charge in [-0.1, -0.05) is 230 Å². The summed E-state index contributed by atoms with van der Waals surface area (Å²) in [5.74, 6) is -0.593. The van der Waals surface area contributed by atoms with E-state index in [0.717, 1.165) is 57.8 Å². The fourth-order valence-corrected chi connectivity index (χ4v) is 7.21. The van der Waals surface area contributed by atoms with Crippen molar-refractivity contribution in [3.63, 3.8) is 0 Å². The summed E-state index contributed by atoms with van der Waals surface area (Å²) in [5, 5.41) is 9.61. The monoisotopic (exact) mass is 787 g/mol. The Hall–Kier alpha value is -1.88. The van der Waals surface area contributed by atoms with Gasteiger partial charge in [-0.15, -0.1) is 0 Å². The smallest absolute Gasteiger partial charge is 0.306 e. The second-order valence-electron chi connectivity index (χ2n) is 16.5. The molecule has 0 rings (SSSR count). The van der Waals surface area contributed by atoms with Crippen molar-refractivity contribution in [2.75, 3.05) is 13.2 Å². The molecule has 0 spiro atoms. The van der Waals surface area contributed by atoms with E-state index in [1.165, 1.54) is 173 Å². The van der Waals surface area contributed by atoms with E-state index in [2.05, 4.69) is 50.3 Å². The lowest BCUT2D eigenvalue weighted by atomic mass is 10.0. The molecular formula is C51H94O5. The van der Waals surface area contributed by atoms with Gasteiger partial charge in [-0.2, -0.15) is 0 Å². The van der Waals surface area contributed by atoms with Crippen molar-refractivity contribution in [3.8, 4) is 0 Å². The summed E-state index contributed by atoms with van der Waals surface area (Å²) in [6, 6.07) is 0. The van der Waals surface area contributed by atoms with Crippen LogP contribution in [0.15, 0.2) is 36.5 Å². The zero-order chi connectivity index (χ0) is 40.7. The van der Waals surface area contributed by atoms with Gasteiger partial charge in [-0.25, -0.2) is 0 Å². The average molecular weight is 787 g/mol. The van der Waals surface area contributed by atoms with Gasteiger partial charge in [-0.3, -0.25) is 9.59 Å². The van der Waals surface area contributed by atoms with Crippen molar-refractivity contribution in [2.45, 2.75) is 264 Å². The Morgan fingerprint density at radius 1 is 0.411 bits per heavy atom. The van der Waals surface area contributed by atoms with E-state index in [-0.39, 0.29) is 25.2 Å². The molecule has 5 nitrogen and oxygen atoms in total. The van der Waals surface area contributed by atoms with E-state index in [4.69, 9.17) is 9.47 Å². The minimum atomic E-state index is -0.776. The van der Waals surface area contributed by atoms with Crippen LogP contribution in [0.4, 0.5) is 0 Å². The van der Waals surface area contributed by atoms with Crippen LogP contribution in [0, 0.1) is 0 Å². The number of rotatable bonds is 45. The number of carbonyl (C=O) groups is 2. The number of carbonyl (C=O) groups excluding carboxylic acids is 2. The molecule has 0 aromatic rings. The maximum Gasteiger partial charge on any atom is 0.306 e. The van der Waals surface area contributed by atoms with E-state index in [1.807, 2.05) is 0 Å². The molecule has 0 aliphatic rings. The molecule has 1 unspecified atom stereocenters. The second kappa shape index (κ2) is 47.5. The van der Waals surface area contributed by atoms with Gasteiger partial charge in [0.25, 0.3) is 0 Å². The number of allylic oxidation sites excluding steroid dienone is 6. The van der Waals surface area contributed by atoms with E-state index in [1.54, 1.807) is 0 Å². The minimum Gasteiger partial charge on any atom is -0.462 e. The van der Waals surface area contributed by atoms with Crippen LogP contribution in [-0.2, 0) is 19.1 Å². The predicted molar refractivity (Wildman–Crippen MR) is 242 cm³/mol. The first-order valence-corrected chi connectivity index (χ1v) is 24.5. The molecule has 328 valence electrons. The zero-order valence-electron chi connectivity index (χ0n) is 37.4. The van der Waals surface area contributed by atoms with Crippen molar-refractivity contribution in [2.24, 2.45) is 0 Å². The van der Waals surface area contributed by atoms with E-state index >= 15 is 0 Å². The third-order valence-corrected chi connectivity index (χ3v) is 10.9. The van der Waals surface area contributed by atoms with Crippen LogP contribution < -0.4 is 0 Å². The number of aliphatic hydroxyl groups excluding tert-OH is 1. The molecule has 0 aromatic heterocycles. The largest absolute Gasteiger partial charge is 0.462 e. The topological polar surface area (TPSA) is 72.8 Å². The van der Waals surface area contributed by atoms with Crippen molar-refractivity contribution in [1.82, 2.24) is 0 Å². The molecule has 0 aliphatic carbocycles. The van der Waals surface area contributed by atoms with Gasteiger partial charge in [0.05, 0.1) is 6.61 Å². The molecule has 0 radical (unpaired) electrons. The summed E-state index contributed by atoms with van der Waals surface area (Å²) in [6.45, 7) is 4.15. The minimum absolute atomic E-state index is 0.0677. The van der Waals surface area contributed by atoms with Crippen molar-refractivity contribution in [3.05, 3.63) is 36.5 Å². The molecule has 1 N–H and O–H groups in total. The molecule has 0 saturated carbocycles. The number of hydrogen-bond donors (Lipinski definition) is 1. The van der Waals surface area contributed by atoms with Crippen LogP contribution in [0.3, 0.4) is 0 Å². The van der Waals surface area contributed by atoms with Crippen LogP contribution >= 0.6 is 0 Å². The lowest BCUT2D eigenvalue weighted by Crippen LogP contribution is -2.28. The van der Waals surface area contributed by atoms with Gasteiger partial charge in [-0.05, 0) is 51.4 Å². The summed E-state index contributed by atoms with van der Waals surface area (Å²) in [7, 11) is 0. The van der Waals surface area contributed by atoms with Gasteiger partial charge in [0.15, 0.2) is 6.10 Å². The van der Waals surface area contributed by atoms with Crippen molar-refractivity contribution < 1.29 is 24.2 Å². The van der Waals surface area contributed by atoms with Crippen molar-refractivity contribution in [1.29, 1.82) is 0 Å². The molecule has 0 aromatic carbocycles. The van der Waals surface area contributed by atoms with E-state index in [9.17, 15) is 14.7 Å². The molecule has 1 atom stereocenters. The lowest BCUT2D eigenvalue weighted by Gasteiger charge is -2.15. The van der Waals surface area contributed by atoms with Gasteiger partial charge >= 0.3 is 11.9 Å². The average Bonchev–Trinajstić information content (AvgIpc) is 3.20. The van der Waals surface area contributed by atoms with Crippen LogP contribution in [0.25, 0.3) is 0 Å². The highest BCUT2D eigenvalue weighted by atomic mass is 16.6. The lowest BCUT2D eigenvalue weighted by molar-refractivity contribution is -0.161. The fraction of sp³-hybridized carbons (Fsp3) is 0.843. The molecule has 0 bridgehead atoms. The Kier molecular flexibility index (Phi) is 45.9. The Labute approximate surface area is 348 Å². The Bertz CT molecular complexity index is 893. The van der Waals surface area contributed by atoms with Crippen LogP contribution in [0.5, 0.6) is 0 Å². The summed E-state index contributed by atoms with van der Waals surface area (Å²) < 4.78 is 10.7. The third-order valence-electron chi connectivity index (χ3n) is 10.9. The summed E-state index contributed by atoms with van der Waals surface area (Å²) in [6.07, 6.45) is 59.4. The van der Waals surface area contributed by atoms with Crippen LogP contribution in [0.1, 0.15) is 258 Å². The first-order valence-electron chi connectivity index (χ1n) is 24.5. The Balaban J connectivity index is 3.51. The maximum absolute atomic E-state index is 12.2. The summed E-state index contributed by atoms with van der Waals surface area (Å²) in [4.78, 5) is 24.4. The van der Waals surface area contributed by atoms with E-state index < -0.39 is 6.10 Å². The van der Waals surface area contributed by atoms with Gasteiger partial charge in [0.2, 0.25) is 0 Å². The van der Waals surface area contributed by atoms with Gasteiger partial charge in [0.1, 0.15) is 6.61 Å². The predicted octanol–water partition coefficient (Wildman–Crippen LogP) is 16.0. The highest BCUT2D eigenvalue weighted by molar-refractivity contribution is 5.70. The molecule has 0 heterocycles. The quantitative estimate of drug-likeness (QED) is 0.0378. The maximum atomic E-state index is 12.2. The number of hydrogen-bond acceptors (Lipinski definition) is 5. The molecule has 56 heavy (non-hydrogen) atoms. The SMILES string of the molecule is CCCCCCC/C=C\C/C=C\C/C=C\CCCCCCCCC(=O)OC(CO)COC(=O)CCCCCCCCCCCCCCCCCCCCCCC. The first-order chi connectivity index (χ1) is 27.6. The van der Waals surface area contributed by atoms with Crippen molar-refractivity contribution >= 4 is 11.9 Å². The van der Waals surface area contributed by atoms with E-state index in [0.29, 0.717) is 12.8 Å².